The maximum absolute atomic E-state index is 11.5. The number of nitrogens with zero attached hydrogens (tertiary/aromatic N) is 5. The standard InChI is InChI=1S/C12H14N8O/c1-5-7(8(10(13)21)19-20(5)3)18-12-9-11(14-4-15-12)17-6(2)16-9/h4H,1-3H3,(H2,13,21)(H2,14,15,16,17,18). The number of anilines is 2. The molecule has 0 radical (unpaired) electrons. The van der Waals surface area contributed by atoms with E-state index in [2.05, 4.69) is 30.4 Å². The predicted molar refractivity (Wildman–Crippen MR) is 76.2 cm³/mol. The topological polar surface area (TPSA) is 127 Å². The summed E-state index contributed by atoms with van der Waals surface area (Å²) in [6.45, 7) is 3.66. The van der Waals surface area contributed by atoms with Gasteiger partial charge in [0, 0.05) is 7.05 Å². The van der Waals surface area contributed by atoms with E-state index in [0.29, 0.717) is 22.7 Å². The molecule has 0 aliphatic rings. The number of aryl methyl sites for hydroxylation is 2. The highest BCUT2D eigenvalue weighted by atomic mass is 16.1. The molecule has 3 aromatic rings. The molecule has 0 saturated heterocycles. The lowest BCUT2D eigenvalue weighted by molar-refractivity contribution is 0.0995. The zero-order valence-electron chi connectivity index (χ0n) is 11.8. The number of hydrogen-bond donors (Lipinski definition) is 3. The van der Waals surface area contributed by atoms with Crippen LogP contribution < -0.4 is 11.1 Å². The van der Waals surface area contributed by atoms with E-state index < -0.39 is 5.91 Å². The lowest BCUT2D eigenvalue weighted by Crippen LogP contribution is -2.14. The molecule has 0 saturated carbocycles. The van der Waals surface area contributed by atoms with Gasteiger partial charge in [0.2, 0.25) is 0 Å². The van der Waals surface area contributed by atoms with Crippen molar-refractivity contribution >= 4 is 28.6 Å². The van der Waals surface area contributed by atoms with Crippen LogP contribution in [0.1, 0.15) is 22.0 Å². The zero-order chi connectivity index (χ0) is 15.1. The molecule has 0 aromatic carbocycles. The maximum Gasteiger partial charge on any atom is 0.271 e. The number of fused-ring (bicyclic) bond motifs is 1. The number of aromatic nitrogens is 6. The number of H-pyrrole nitrogens is 1. The third-order valence-electron chi connectivity index (χ3n) is 3.22. The van der Waals surface area contributed by atoms with Gasteiger partial charge in [0.25, 0.3) is 5.91 Å². The molecule has 0 fully saturated rings. The van der Waals surface area contributed by atoms with E-state index in [-0.39, 0.29) is 5.69 Å². The Morgan fingerprint density at radius 2 is 2.14 bits per heavy atom. The van der Waals surface area contributed by atoms with Crippen LogP contribution in [0.25, 0.3) is 11.2 Å². The monoisotopic (exact) mass is 286 g/mol. The molecule has 4 N–H and O–H groups in total. The van der Waals surface area contributed by atoms with E-state index in [4.69, 9.17) is 5.73 Å². The van der Waals surface area contributed by atoms with Crippen LogP contribution in [0.3, 0.4) is 0 Å². The first-order chi connectivity index (χ1) is 9.97. The van der Waals surface area contributed by atoms with E-state index in [1.54, 1.807) is 11.7 Å². The van der Waals surface area contributed by atoms with Gasteiger partial charge < -0.3 is 16.0 Å². The van der Waals surface area contributed by atoms with Crippen LogP contribution in [0.15, 0.2) is 6.33 Å². The van der Waals surface area contributed by atoms with Crippen molar-refractivity contribution in [2.24, 2.45) is 12.8 Å². The highest BCUT2D eigenvalue weighted by Gasteiger charge is 2.19. The Bertz CT molecular complexity index is 846. The van der Waals surface area contributed by atoms with E-state index in [0.717, 1.165) is 11.5 Å². The number of nitrogens with one attached hydrogen (secondary N) is 2. The number of aromatic amines is 1. The SMILES string of the molecule is Cc1nc2ncnc(Nc3c(C(N)=O)nn(C)c3C)c2[nH]1. The van der Waals surface area contributed by atoms with Crippen molar-refractivity contribution in [3.8, 4) is 0 Å². The number of hydrogen-bond acceptors (Lipinski definition) is 6. The van der Waals surface area contributed by atoms with Crippen molar-refractivity contribution in [3.63, 3.8) is 0 Å². The van der Waals surface area contributed by atoms with Crippen LogP contribution in [-0.4, -0.2) is 35.6 Å². The molecule has 0 bridgehead atoms. The van der Waals surface area contributed by atoms with Gasteiger partial charge in [-0.05, 0) is 13.8 Å². The number of nitrogens with two attached hydrogens (primary N) is 1. The Kier molecular flexibility index (Phi) is 2.82. The summed E-state index contributed by atoms with van der Waals surface area (Å²) in [6.07, 6.45) is 1.40. The Hall–Kier alpha value is -2.97. The van der Waals surface area contributed by atoms with Gasteiger partial charge >= 0.3 is 0 Å². The molecule has 0 spiro atoms. The van der Waals surface area contributed by atoms with Crippen LogP contribution in [0.2, 0.25) is 0 Å². The molecule has 0 atom stereocenters. The molecular formula is C12H14N8O. The Labute approximate surface area is 119 Å². The summed E-state index contributed by atoms with van der Waals surface area (Å²) in [6, 6.07) is 0. The van der Waals surface area contributed by atoms with Gasteiger partial charge in [0.1, 0.15) is 17.7 Å². The number of rotatable bonds is 3. The summed E-state index contributed by atoms with van der Waals surface area (Å²) in [7, 11) is 1.74. The third-order valence-corrected chi connectivity index (χ3v) is 3.22. The highest BCUT2D eigenvalue weighted by molar-refractivity contribution is 5.99. The van der Waals surface area contributed by atoms with Gasteiger partial charge in [-0.25, -0.2) is 15.0 Å². The van der Waals surface area contributed by atoms with Crippen LogP contribution in [0, 0.1) is 13.8 Å². The van der Waals surface area contributed by atoms with Crippen molar-refractivity contribution in [1.29, 1.82) is 0 Å². The average molecular weight is 286 g/mol. The minimum atomic E-state index is -0.604. The minimum Gasteiger partial charge on any atom is -0.364 e. The van der Waals surface area contributed by atoms with Gasteiger partial charge in [-0.1, -0.05) is 0 Å². The highest BCUT2D eigenvalue weighted by Crippen LogP contribution is 2.26. The largest absolute Gasteiger partial charge is 0.364 e. The number of carbonyl (C=O) groups is 1. The zero-order valence-corrected chi connectivity index (χ0v) is 11.8. The van der Waals surface area contributed by atoms with Crippen molar-refractivity contribution in [2.45, 2.75) is 13.8 Å². The summed E-state index contributed by atoms with van der Waals surface area (Å²) >= 11 is 0. The first kappa shape index (κ1) is 13.0. The Morgan fingerprint density at radius 1 is 1.38 bits per heavy atom. The van der Waals surface area contributed by atoms with Crippen LogP contribution in [-0.2, 0) is 7.05 Å². The van der Waals surface area contributed by atoms with Crippen molar-refractivity contribution in [3.05, 3.63) is 23.5 Å². The molecule has 3 heterocycles. The third kappa shape index (κ3) is 2.08. The van der Waals surface area contributed by atoms with Crippen LogP contribution in [0.5, 0.6) is 0 Å². The van der Waals surface area contributed by atoms with Gasteiger partial charge in [-0.3, -0.25) is 9.48 Å². The van der Waals surface area contributed by atoms with Crippen LogP contribution >= 0.6 is 0 Å². The van der Waals surface area contributed by atoms with Crippen LogP contribution in [0.4, 0.5) is 11.5 Å². The molecule has 9 heteroatoms. The fourth-order valence-electron chi connectivity index (χ4n) is 2.09. The predicted octanol–water partition coefficient (Wildman–Crippen LogP) is 0.546. The normalized spacial score (nSPS) is 11.0. The average Bonchev–Trinajstić information content (AvgIpc) is 2.93. The van der Waals surface area contributed by atoms with Gasteiger partial charge in [0.05, 0.1) is 11.4 Å². The fourth-order valence-corrected chi connectivity index (χ4v) is 2.09. The van der Waals surface area contributed by atoms with E-state index in [1.165, 1.54) is 6.33 Å². The Balaban J connectivity index is 2.13. The molecule has 0 aliphatic carbocycles. The molecule has 3 rings (SSSR count). The second-order valence-electron chi connectivity index (χ2n) is 4.66. The molecule has 1 amide bonds. The van der Waals surface area contributed by atoms with E-state index in [9.17, 15) is 4.79 Å². The lowest BCUT2D eigenvalue weighted by atomic mass is 10.3. The summed E-state index contributed by atoms with van der Waals surface area (Å²) in [5.41, 5.74) is 8.03. The molecule has 21 heavy (non-hydrogen) atoms. The van der Waals surface area contributed by atoms with E-state index >= 15 is 0 Å². The lowest BCUT2D eigenvalue weighted by Gasteiger charge is -2.06. The quantitative estimate of drug-likeness (QED) is 0.645. The summed E-state index contributed by atoms with van der Waals surface area (Å²) < 4.78 is 1.58. The van der Waals surface area contributed by atoms with Gasteiger partial charge in [0.15, 0.2) is 17.2 Å². The maximum atomic E-state index is 11.5. The summed E-state index contributed by atoms with van der Waals surface area (Å²) in [5, 5.41) is 7.19. The molecule has 0 unspecified atom stereocenters. The second-order valence-corrected chi connectivity index (χ2v) is 4.66. The van der Waals surface area contributed by atoms with Crippen molar-refractivity contribution in [2.75, 3.05) is 5.32 Å². The van der Waals surface area contributed by atoms with Gasteiger partial charge in [-0.15, -0.1) is 0 Å². The fraction of sp³-hybridized carbons (Fsp3) is 0.250. The number of amides is 1. The molecule has 3 aromatic heterocycles. The first-order valence-corrected chi connectivity index (χ1v) is 6.25. The number of primary amides is 1. The molecule has 9 nitrogen and oxygen atoms in total. The summed E-state index contributed by atoms with van der Waals surface area (Å²) in [5.74, 6) is 0.637. The Morgan fingerprint density at radius 3 is 2.86 bits per heavy atom. The van der Waals surface area contributed by atoms with Crippen molar-refractivity contribution < 1.29 is 4.79 Å². The van der Waals surface area contributed by atoms with Gasteiger partial charge in [-0.2, -0.15) is 5.10 Å². The number of imidazole rings is 1. The minimum absolute atomic E-state index is 0.165. The van der Waals surface area contributed by atoms with Crippen molar-refractivity contribution in [1.82, 2.24) is 29.7 Å². The molecule has 108 valence electrons. The second kappa shape index (κ2) is 4.54. The molecule has 0 aliphatic heterocycles. The smallest absolute Gasteiger partial charge is 0.271 e. The first-order valence-electron chi connectivity index (χ1n) is 6.25. The summed E-state index contributed by atoms with van der Waals surface area (Å²) in [4.78, 5) is 27.1. The van der Waals surface area contributed by atoms with E-state index in [1.807, 2.05) is 13.8 Å². The number of carbonyl (C=O) groups excluding carboxylic acids is 1. The molecular weight excluding hydrogens is 272 g/mol.